The highest BCUT2D eigenvalue weighted by Crippen LogP contribution is 1.98. The van der Waals surface area contributed by atoms with Crippen LogP contribution in [0.15, 0.2) is 30.0 Å². The molecule has 88 valence electrons. The first kappa shape index (κ1) is 14.0. The molecule has 6 nitrogen and oxygen atoms in total. The van der Waals surface area contributed by atoms with Gasteiger partial charge in [0.15, 0.2) is 6.04 Å². The van der Waals surface area contributed by atoms with E-state index < -0.39 is 18.0 Å². The van der Waals surface area contributed by atoms with E-state index in [0.717, 1.165) is 6.08 Å². The van der Waals surface area contributed by atoms with Crippen LogP contribution in [0.25, 0.3) is 0 Å². The molecule has 1 atom stereocenters. The third kappa shape index (κ3) is 5.69. The van der Waals surface area contributed by atoms with Crippen molar-refractivity contribution < 1.29 is 19.1 Å². The number of nitrogens with zero attached hydrogens (tertiary/aromatic N) is 1. The standard InChI is InChI=1S/C10H13NO5/c1-4-9(12)15-5-8(11-14)6-16-10(13)7(2)3/h4,8H,1-2,5-6H2,3H3. The molecule has 0 N–H and O–H groups in total. The second-order valence-electron chi connectivity index (χ2n) is 2.97. The Morgan fingerprint density at radius 1 is 1.38 bits per heavy atom. The van der Waals surface area contributed by atoms with Crippen molar-refractivity contribution in [3.05, 3.63) is 29.7 Å². The molecule has 16 heavy (non-hydrogen) atoms. The molecule has 0 aromatic carbocycles. The normalized spacial score (nSPS) is 11.1. The maximum Gasteiger partial charge on any atom is 0.333 e. The van der Waals surface area contributed by atoms with E-state index in [9.17, 15) is 14.5 Å². The first-order valence-electron chi connectivity index (χ1n) is 4.45. The van der Waals surface area contributed by atoms with Crippen LogP contribution in [0.3, 0.4) is 0 Å². The predicted octanol–water partition coefficient (Wildman–Crippen LogP) is 0.970. The van der Waals surface area contributed by atoms with Gasteiger partial charge in [0.25, 0.3) is 0 Å². The molecule has 0 amide bonds. The number of hydrogen-bond donors (Lipinski definition) is 0. The van der Waals surface area contributed by atoms with E-state index in [1.54, 1.807) is 0 Å². The zero-order valence-electron chi connectivity index (χ0n) is 8.97. The molecule has 0 fully saturated rings. The van der Waals surface area contributed by atoms with Crippen molar-refractivity contribution >= 4 is 11.9 Å². The second kappa shape index (κ2) is 7.33. The van der Waals surface area contributed by atoms with Crippen LogP contribution in [-0.4, -0.2) is 31.2 Å². The average molecular weight is 227 g/mol. The van der Waals surface area contributed by atoms with E-state index in [1.165, 1.54) is 6.92 Å². The first-order chi connectivity index (χ1) is 7.51. The third-order valence-electron chi connectivity index (χ3n) is 1.49. The van der Waals surface area contributed by atoms with Crippen molar-refractivity contribution in [2.75, 3.05) is 13.2 Å². The van der Waals surface area contributed by atoms with Crippen LogP contribution in [0.4, 0.5) is 0 Å². The summed E-state index contributed by atoms with van der Waals surface area (Å²) in [6.07, 6.45) is 0.960. The molecule has 0 aromatic rings. The Morgan fingerprint density at radius 3 is 2.38 bits per heavy atom. The summed E-state index contributed by atoms with van der Waals surface area (Å²) in [5.41, 5.74) is 0.215. The van der Waals surface area contributed by atoms with E-state index in [4.69, 9.17) is 0 Å². The van der Waals surface area contributed by atoms with Crippen molar-refractivity contribution in [1.29, 1.82) is 0 Å². The minimum atomic E-state index is -0.924. The molecule has 0 bridgehead atoms. The topological polar surface area (TPSA) is 82.0 Å². The van der Waals surface area contributed by atoms with Crippen LogP contribution in [0.2, 0.25) is 0 Å². The SMILES string of the molecule is C=CC(=O)OCC(COC(=O)C(=C)C)N=O. The smallest absolute Gasteiger partial charge is 0.333 e. The summed E-state index contributed by atoms with van der Waals surface area (Å²) in [5.74, 6) is -1.29. The van der Waals surface area contributed by atoms with Crippen molar-refractivity contribution in [3.63, 3.8) is 0 Å². The monoisotopic (exact) mass is 227 g/mol. The van der Waals surface area contributed by atoms with Gasteiger partial charge in [-0.25, -0.2) is 9.59 Å². The van der Waals surface area contributed by atoms with E-state index in [1.807, 2.05) is 0 Å². The molecule has 6 heteroatoms. The number of ether oxygens (including phenoxy) is 2. The van der Waals surface area contributed by atoms with Crippen LogP contribution >= 0.6 is 0 Å². The maximum absolute atomic E-state index is 11.0. The zero-order valence-corrected chi connectivity index (χ0v) is 8.97. The molecule has 1 unspecified atom stereocenters. The Balaban J connectivity index is 3.97. The molecule has 0 heterocycles. The molecule has 0 aliphatic rings. The van der Waals surface area contributed by atoms with Gasteiger partial charge in [-0.2, -0.15) is 4.91 Å². The molecular weight excluding hydrogens is 214 g/mol. The van der Waals surface area contributed by atoms with Gasteiger partial charge in [0.05, 0.1) is 0 Å². The lowest BCUT2D eigenvalue weighted by Crippen LogP contribution is -2.23. The summed E-state index contributed by atoms with van der Waals surface area (Å²) in [6, 6.07) is -0.924. The van der Waals surface area contributed by atoms with Gasteiger partial charge in [-0.05, 0) is 6.92 Å². The Hall–Kier alpha value is -1.98. The van der Waals surface area contributed by atoms with Gasteiger partial charge in [-0.15, -0.1) is 0 Å². The molecule has 0 radical (unpaired) electrons. The summed E-state index contributed by atoms with van der Waals surface area (Å²) in [5, 5.41) is 2.66. The molecule has 0 spiro atoms. The van der Waals surface area contributed by atoms with Crippen molar-refractivity contribution in [1.82, 2.24) is 0 Å². The number of carbonyl (C=O) groups excluding carboxylic acids is 2. The van der Waals surface area contributed by atoms with E-state index in [-0.39, 0.29) is 18.8 Å². The number of esters is 2. The van der Waals surface area contributed by atoms with Crippen molar-refractivity contribution in [2.24, 2.45) is 5.18 Å². The molecular formula is C10H13NO5. The predicted molar refractivity (Wildman–Crippen MR) is 56.5 cm³/mol. The van der Waals surface area contributed by atoms with Crippen molar-refractivity contribution in [2.45, 2.75) is 13.0 Å². The number of nitroso groups, excluding NO2 is 1. The van der Waals surface area contributed by atoms with E-state index >= 15 is 0 Å². The number of hydrogen-bond acceptors (Lipinski definition) is 6. The first-order valence-corrected chi connectivity index (χ1v) is 4.45. The van der Waals surface area contributed by atoms with E-state index in [2.05, 4.69) is 27.8 Å². The molecule has 0 saturated carbocycles. The van der Waals surface area contributed by atoms with Gasteiger partial charge < -0.3 is 9.47 Å². The fourth-order valence-corrected chi connectivity index (χ4v) is 0.641. The van der Waals surface area contributed by atoms with Gasteiger partial charge in [-0.1, -0.05) is 18.3 Å². The fraction of sp³-hybridized carbons (Fsp3) is 0.400. The highest BCUT2D eigenvalue weighted by molar-refractivity contribution is 5.86. The highest BCUT2D eigenvalue weighted by atomic mass is 16.5. The van der Waals surface area contributed by atoms with E-state index in [0.29, 0.717) is 0 Å². The Labute approximate surface area is 92.9 Å². The van der Waals surface area contributed by atoms with Gasteiger partial charge in [0, 0.05) is 11.6 Å². The summed E-state index contributed by atoms with van der Waals surface area (Å²) < 4.78 is 9.25. The summed E-state index contributed by atoms with van der Waals surface area (Å²) in [6.45, 7) is 7.52. The van der Waals surface area contributed by atoms with Crippen LogP contribution in [-0.2, 0) is 19.1 Å². The third-order valence-corrected chi connectivity index (χ3v) is 1.49. The molecule has 0 aliphatic carbocycles. The lowest BCUT2D eigenvalue weighted by molar-refractivity contribution is -0.141. The molecule has 0 aliphatic heterocycles. The van der Waals surface area contributed by atoms with Gasteiger partial charge in [-0.3, -0.25) is 0 Å². The number of rotatable bonds is 7. The zero-order chi connectivity index (χ0) is 12.6. The van der Waals surface area contributed by atoms with Gasteiger partial charge in [0.2, 0.25) is 0 Å². The van der Waals surface area contributed by atoms with Crippen molar-refractivity contribution in [3.8, 4) is 0 Å². The Kier molecular flexibility index (Phi) is 6.42. The molecule has 0 rings (SSSR count). The van der Waals surface area contributed by atoms with Crippen LogP contribution in [0, 0.1) is 4.91 Å². The Bertz CT molecular complexity index is 310. The number of carbonyl (C=O) groups is 2. The second-order valence-corrected chi connectivity index (χ2v) is 2.97. The lowest BCUT2D eigenvalue weighted by atomic mass is 10.3. The Morgan fingerprint density at radius 2 is 1.94 bits per heavy atom. The minimum Gasteiger partial charge on any atom is -0.460 e. The summed E-state index contributed by atoms with van der Waals surface area (Å²) in [4.78, 5) is 31.9. The molecule has 0 saturated heterocycles. The molecule has 0 aromatic heterocycles. The van der Waals surface area contributed by atoms with Gasteiger partial charge >= 0.3 is 11.9 Å². The van der Waals surface area contributed by atoms with Gasteiger partial charge in [0.1, 0.15) is 13.2 Å². The summed E-state index contributed by atoms with van der Waals surface area (Å²) >= 11 is 0. The minimum absolute atomic E-state index is 0.215. The van der Waals surface area contributed by atoms with Crippen LogP contribution < -0.4 is 0 Å². The lowest BCUT2D eigenvalue weighted by Gasteiger charge is -2.09. The fourth-order valence-electron chi connectivity index (χ4n) is 0.641. The average Bonchev–Trinajstić information content (AvgIpc) is 2.28. The highest BCUT2D eigenvalue weighted by Gasteiger charge is 2.14. The quantitative estimate of drug-likeness (QED) is 0.367. The largest absolute Gasteiger partial charge is 0.460 e. The van der Waals surface area contributed by atoms with Crippen LogP contribution in [0.5, 0.6) is 0 Å². The maximum atomic E-state index is 11.0. The summed E-state index contributed by atoms with van der Waals surface area (Å²) in [7, 11) is 0. The van der Waals surface area contributed by atoms with Crippen LogP contribution in [0.1, 0.15) is 6.92 Å².